The van der Waals surface area contributed by atoms with Crippen LogP contribution >= 0.6 is 0 Å². The third-order valence-corrected chi connectivity index (χ3v) is 6.89. The minimum atomic E-state index is -0.378. The van der Waals surface area contributed by atoms with Gasteiger partial charge >= 0.3 is 27.5 Å². The van der Waals surface area contributed by atoms with Crippen LogP contribution in [-0.2, 0) is 4.74 Å². The number of anilines is 1. The van der Waals surface area contributed by atoms with Crippen LogP contribution in [0.1, 0.15) is 84.1 Å². The molecule has 2 aromatic carbocycles. The van der Waals surface area contributed by atoms with Gasteiger partial charge in [0.05, 0.1) is 26.1 Å². The molecular weight excluding hydrogens is 613 g/mol. The maximum atomic E-state index is 12.8. The van der Waals surface area contributed by atoms with Crippen LogP contribution in [0.2, 0.25) is 4.94 Å². The Morgan fingerprint density at radius 2 is 1.95 bits per heavy atom. The van der Waals surface area contributed by atoms with E-state index in [-0.39, 0.29) is 30.1 Å². The molecule has 40 heavy (non-hydrogen) atoms. The number of amidine groups is 1. The Hall–Kier alpha value is -3.34. The first-order valence-corrected chi connectivity index (χ1v) is 16.3. The number of ether oxygens (including phenoxy) is 3. The topological polar surface area (TPSA) is 132 Å². The number of nitrogens with one attached hydrogen (secondary N) is 2. The fraction of sp³-hybridized carbons (Fsp3) is 0.400. The Balaban J connectivity index is 0.00000216. The maximum absolute atomic E-state index is 12.8. The Bertz CT molecular complexity index is 1320. The van der Waals surface area contributed by atoms with E-state index in [1.807, 2.05) is 12.1 Å². The first-order valence-electron chi connectivity index (χ1n) is 13.4. The molecule has 9 nitrogen and oxygen atoms in total. The molecule has 1 amide bonds. The fourth-order valence-corrected chi connectivity index (χ4v) is 5.02. The monoisotopic (exact) mass is 652 g/mol. The molecule has 0 spiro atoms. The van der Waals surface area contributed by atoms with Crippen molar-refractivity contribution >= 4 is 40.1 Å². The second-order valence-corrected chi connectivity index (χ2v) is 9.46. The average Bonchev–Trinajstić information content (AvgIpc) is 2.97. The van der Waals surface area contributed by atoms with E-state index in [2.05, 4.69) is 53.1 Å². The Morgan fingerprint density at radius 3 is 2.58 bits per heavy atom. The Kier molecular flexibility index (Phi) is 11.6. The molecule has 0 saturated carbocycles. The molecule has 0 fully saturated rings. The van der Waals surface area contributed by atoms with Crippen molar-refractivity contribution < 1.29 is 19.0 Å². The fourth-order valence-electron chi connectivity index (χ4n) is 5.02. The van der Waals surface area contributed by atoms with Crippen LogP contribution in [0, 0.1) is 12.3 Å². The number of carbonyl (C=O) groups is 1. The van der Waals surface area contributed by atoms with Gasteiger partial charge in [-0.05, 0) is 61.4 Å². The molecule has 1 aliphatic heterocycles. The van der Waals surface area contributed by atoms with Gasteiger partial charge in [0.1, 0.15) is 17.2 Å². The Morgan fingerprint density at radius 1 is 1.18 bits per heavy atom. The third kappa shape index (κ3) is 7.44. The molecule has 1 aromatic heterocycles. The molecule has 0 saturated heterocycles. The molecule has 4 N–H and O–H groups in total. The van der Waals surface area contributed by atoms with Crippen molar-refractivity contribution in [1.82, 2.24) is 9.97 Å². The second kappa shape index (κ2) is 14.9. The van der Waals surface area contributed by atoms with E-state index >= 15 is 0 Å². The number of carbonyl (C=O) groups excluding carboxylic acids is 1. The number of fused-ring (bicyclic) bond motifs is 2. The zero-order valence-corrected chi connectivity index (χ0v) is 26.7. The van der Waals surface area contributed by atoms with E-state index in [9.17, 15) is 4.79 Å². The van der Waals surface area contributed by atoms with E-state index in [0.29, 0.717) is 23.9 Å². The van der Waals surface area contributed by atoms with E-state index in [0.717, 1.165) is 47.5 Å². The van der Waals surface area contributed by atoms with Crippen LogP contribution < -0.4 is 20.5 Å². The molecule has 1 unspecified atom stereocenters. The number of aryl methyl sites for hydroxylation is 1. The first-order chi connectivity index (χ1) is 19.3. The summed E-state index contributed by atoms with van der Waals surface area (Å²) in [5.41, 5.74) is 10.7. The van der Waals surface area contributed by atoms with Crippen LogP contribution in [0.5, 0.6) is 17.4 Å². The van der Waals surface area contributed by atoms with Gasteiger partial charge in [0.15, 0.2) is 0 Å². The summed E-state index contributed by atoms with van der Waals surface area (Å²) in [5.74, 6) is 1.94. The Labute approximate surface area is 249 Å². The number of rotatable bonds is 10. The molecule has 0 aliphatic carbocycles. The molecule has 10 heteroatoms. The standard InChI is InChI=1S/C29H35N5O4.CH3.Sn/c1-5-7-18(6-2)19-12-17(3)27-23(13-19)21(10-11-37-29(30)31)22-14-20(8-9-25(22)38-27)34-28(35)24-15-33-26(36-4)16-32-24;;/h8-9,12-16,18,21H,5-7,10-11H2,1-4H3,(H3,30,31)(H,34,35);1H3;/t18?,21-;;/m1../s1. The summed E-state index contributed by atoms with van der Waals surface area (Å²) >= 11 is 1.55. The van der Waals surface area contributed by atoms with Crippen molar-refractivity contribution in [1.29, 1.82) is 5.41 Å². The molecule has 3 aromatic rings. The number of amides is 1. The van der Waals surface area contributed by atoms with Gasteiger partial charge in [-0.2, -0.15) is 0 Å². The van der Waals surface area contributed by atoms with E-state index in [1.165, 1.54) is 25.1 Å². The molecule has 3 radical (unpaired) electrons. The summed E-state index contributed by atoms with van der Waals surface area (Å²) in [7, 11) is 1.49. The van der Waals surface area contributed by atoms with Crippen LogP contribution in [-0.4, -0.2) is 58.1 Å². The van der Waals surface area contributed by atoms with E-state index in [1.54, 1.807) is 28.6 Å². The zero-order chi connectivity index (χ0) is 29.2. The van der Waals surface area contributed by atoms with Gasteiger partial charge in [-0.1, -0.05) is 32.4 Å². The van der Waals surface area contributed by atoms with Crippen molar-refractivity contribution in [2.75, 3.05) is 19.0 Å². The van der Waals surface area contributed by atoms with Crippen molar-refractivity contribution in [2.24, 2.45) is 5.73 Å². The van der Waals surface area contributed by atoms with Gasteiger partial charge < -0.3 is 25.3 Å². The quantitative estimate of drug-likeness (QED) is 0.138. The van der Waals surface area contributed by atoms with Gasteiger partial charge in [0.2, 0.25) is 5.88 Å². The second-order valence-electron chi connectivity index (χ2n) is 9.46. The number of nitrogens with zero attached hydrogens (tertiary/aromatic N) is 2. The molecule has 2 heterocycles. The van der Waals surface area contributed by atoms with Crippen molar-refractivity contribution in [3.05, 3.63) is 70.7 Å². The van der Waals surface area contributed by atoms with Gasteiger partial charge in [-0.25, -0.2) is 9.97 Å². The van der Waals surface area contributed by atoms with Gasteiger partial charge in [-0.15, -0.1) is 0 Å². The molecule has 1 aliphatic rings. The third-order valence-electron chi connectivity index (χ3n) is 6.89. The van der Waals surface area contributed by atoms with Crippen molar-refractivity contribution in [3.63, 3.8) is 0 Å². The summed E-state index contributed by atoms with van der Waals surface area (Å²) in [6, 6.07) is 9.79. The summed E-state index contributed by atoms with van der Waals surface area (Å²) in [4.78, 5) is 23.1. The first kappa shape index (κ1) is 31.2. The number of methoxy groups -OCH3 is 1. The SMILES string of the molecule is CCCC(CC)c1cc(C)c2c(c1)[C@H](CCOC(=N)N)c1cc(NC(=O)c3cnc(OC)cn3)ccc1O2.[CH3][Sn]. The zero-order valence-electron chi connectivity index (χ0n) is 23.8. The van der Waals surface area contributed by atoms with Crippen molar-refractivity contribution in [3.8, 4) is 17.4 Å². The number of hydrogen-bond donors (Lipinski definition) is 3. The molecular formula is C30H38N5O4Sn. The average molecular weight is 651 g/mol. The van der Waals surface area contributed by atoms with Crippen LogP contribution in [0.3, 0.4) is 0 Å². The van der Waals surface area contributed by atoms with E-state index < -0.39 is 0 Å². The summed E-state index contributed by atoms with van der Waals surface area (Å²) in [6.07, 6.45) is 6.67. The molecule has 0 bridgehead atoms. The van der Waals surface area contributed by atoms with Gasteiger partial charge in [0, 0.05) is 22.7 Å². The number of nitrogens with two attached hydrogens (primary N) is 1. The summed E-state index contributed by atoms with van der Waals surface area (Å²) in [5, 5.41) is 10.4. The predicted octanol–water partition coefficient (Wildman–Crippen LogP) is 6.08. The van der Waals surface area contributed by atoms with Gasteiger partial charge in [0.25, 0.3) is 11.9 Å². The molecule has 2 atom stereocenters. The predicted molar refractivity (Wildman–Crippen MR) is 158 cm³/mol. The van der Waals surface area contributed by atoms with Crippen LogP contribution in [0.4, 0.5) is 5.69 Å². The molecule has 211 valence electrons. The summed E-state index contributed by atoms with van der Waals surface area (Å²) < 4.78 is 16.8. The van der Waals surface area contributed by atoms with Crippen LogP contribution in [0.25, 0.3) is 0 Å². The number of aromatic nitrogens is 2. The van der Waals surface area contributed by atoms with E-state index in [4.69, 9.17) is 25.4 Å². The number of hydrogen-bond acceptors (Lipinski definition) is 7. The minimum absolute atomic E-state index is 0.0662. The normalized spacial score (nSPS) is 13.9. The van der Waals surface area contributed by atoms with Gasteiger partial charge in [-0.3, -0.25) is 10.2 Å². The number of benzene rings is 2. The van der Waals surface area contributed by atoms with Crippen molar-refractivity contribution in [2.45, 2.75) is 63.2 Å². The van der Waals surface area contributed by atoms with Crippen LogP contribution in [0.15, 0.2) is 42.7 Å². The molecule has 4 rings (SSSR count). The summed E-state index contributed by atoms with van der Waals surface area (Å²) in [6.45, 7) is 6.80.